The lowest BCUT2D eigenvalue weighted by Crippen LogP contribution is -2.41. The highest BCUT2D eigenvalue weighted by Gasteiger charge is 2.52. The van der Waals surface area contributed by atoms with Gasteiger partial charge in [-0.05, 0) is 51.2 Å². The Morgan fingerprint density at radius 3 is 1.35 bits per heavy atom. The molecule has 0 spiro atoms. The quantitative estimate of drug-likeness (QED) is 0.228. The topological polar surface area (TPSA) is 57.1 Å². The van der Waals surface area contributed by atoms with Crippen LogP contribution in [0.15, 0.2) is 103 Å². The first-order valence-corrected chi connectivity index (χ1v) is 13.6. The number of rotatable bonds is 5. The summed E-state index contributed by atoms with van der Waals surface area (Å²) >= 11 is 0. The second-order valence-electron chi connectivity index (χ2n) is 11.3. The molecule has 6 rings (SSSR count). The summed E-state index contributed by atoms with van der Waals surface area (Å²) in [5.41, 5.74) is 6.57. The molecule has 0 bridgehead atoms. The van der Waals surface area contributed by atoms with Crippen molar-refractivity contribution >= 4 is 12.6 Å². The molecule has 4 aromatic carbocycles. The van der Waals surface area contributed by atoms with Crippen molar-refractivity contribution in [1.82, 2.24) is 15.0 Å². The molecule has 0 saturated carbocycles. The van der Waals surface area contributed by atoms with E-state index in [1.165, 1.54) is 0 Å². The Balaban J connectivity index is 1.31. The van der Waals surface area contributed by atoms with Gasteiger partial charge in [-0.3, -0.25) is 0 Å². The molecule has 198 valence electrons. The van der Waals surface area contributed by atoms with E-state index < -0.39 is 0 Å². The van der Waals surface area contributed by atoms with Gasteiger partial charge in [0.1, 0.15) is 0 Å². The molecule has 1 aliphatic rings. The van der Waals surface area contributed by atoms with Gasteiger partial charge >= 0.3 is 7.12 Å². The molecule has 0 aliphatic carbocycles. The third-order valence-electron chi connectivity index (χ3n) is 7.95. The van der Waals surface area contributed by atoms with Crippen LogP contribution in [0, 0.1) is 6.92 Å². The van der Waals surface area contributed by atoms with Crippen LogP contribution in [0.3, 0.4) is 0 Å². The fourth-order valence-corrected chi connectivity index (χ4v) is 4.84. The number of hydrogen-bond acceptors (Lipinski definition) is 5. The summed E-state index contributed by atoms with van der Waals surface area (Å²) in [6.07, 6.45) is 0. The van der Waals surface area contributed by atoms with E-state index in [1.807, 2.05) is 60.7 Å². The minimum atomic E-state index is -0.372. The molecule has 0 atom stereocenters. The van der Waals surface area contributed by atoms with Crippen molar-refractivity contribution < 1.29 is 9.31 Å². The van der Waals surface area contributed by atoms with Gasteiger partial charge in [-0.15, -0.1) is 0 Å². The van der Waals surface area contributed by atoms with Gasteiger partial charge in [0.25, 0.3) is 0 Å². The third kappa shape index (κ3) is 4.96. The summed E-state index contributed by atoms with van der Waals surface area (Å²) < 4.78 is 12.6. The van der Waals surface area contributed by atoms with E-state index in [9.17, 15) is 0 Å². The molecular formula is C34H32BN3O2. The van der Waals surface area contributed by atoms with Crippen molar-refractivity contribution in [2.75, 3.05) is 0 Å². The summed E-state index contributed by atoms with van der Waals surface area (Å²) in [7, 11) is -0.372. The number of aromatic nitrogens is 3. The summed E-state index contributed by atoms with van der Waals surface area (Å²) in [4.78, 5) is 14.5. The molecule has 2 heterocycles. The third-order valence-corrected chi connectivity index (χ3v) is 7.95. The maximum atomic E-state index is 6.28. The first-order chi connectivity index (χ1) is 19.2. The molecule has 5 aromatic rings. The van der Waals surface area contributed by atoms with Crippen molar-refractivity contribution in [3.63, 3.8) is 0 Å². The van der Waals surface area contributed by atoms with Crippen LogP contribution in [0.5, 0.6) is 0 Å². The van der Waals surface area contributed by atoms with Gasteiger partial charge in [0.15, 0.2) is 17.5 Å². The van der Waals surface area contributed by atoms with Gasteiger partial charge in [-0.25, -0.2) is 15.0 Å². The average Bonchev–Trinajstić information content (AvgIpc) is 3.19. The fourth-order valence-electron chi connectivity index (χ4n) is 4.84. The number of nitrogens with zero attached hydrogens (tertiary/aromatic N) is 3. The van der Waals surface area contributed by atoms with E-state index >= 15 is 0 Å². The molecule has 1 fully saturated rings. The highest BCUT2D eigenvalue weighted by atomic mass is 16.7. The largest absolute Gasteiger partial charge is 0.495 e. The van der Waals surface area contributed by atoms with Crippen LogP contribution in [0.25, 0.3) is 45.3 Å². The Bertz CT molecular complexity index is 1580. The van der Waals surface area contributed by atoms with E-state index in [4.69, 9.17) is 24.3 Å². The van der Waals surface area contributed by atoms with Crippen LogP contribution < -0.4 is 5.46 Å². The molecule has 40 heavy (non-hydrogen) atoms. The average molecular weight is 525 g/mol. The molecule has 0 unspecified atom stereocenters. The monoisotopic (exact) mass is 525 g/mol. The Morgan fingerprint density at radius 1 is 0.500 bits per heavy atom. The minimum absolute atomic E-state index is 0.367. The van der Waals surface area contributed by atoms with E-state index in [2.05, 4.69) is 77.1 Å². The van der Waals surface area contributed by atoms with E-state index in [1.54, 1.807) is 0 Å². The van der Waals surface area contributed by atoms with E-state index in [0.717, 1.165) is 38.8 Å². The zero-order chi connectivity index (χ0) is 27.9. The predicted molar refractivity (Wildman–Crippen MR) is 162 cm³/mol. The van der Waals surface area contributed by atoms with Crippen LogP contribution in [0.1, 0.15) is 33.3 Å². The van der Waals surface area contributed by atoms with Crippen molar-refractivity contribution in [1.29, 1.82) is 0 Å². The maximum absolute atomic E-state index is 6.28. The number of benzene rings is 4. The standard InChI is InChI=1S/C34H32BN3O2/c1-23-22-28(20-21-29(23)35-39-33(2,3)34(4,5)40-35)24-16-18-27(19-17-24)32-37-30(25-12-8-6-9-13-25)36-31(38-32)26-14-10-7-11-15-26/h6-22H,1-5H3. The molecule has 6 heteroatoms. The second-order valence-corrected chi connectivity index (χ2v) is 11.3. The summed E-state index contributed by atoms with van der Waals surface area (Å²) in [5.74, 6) is 1.96. The summed E-state index contributed by atoms with van der Waals surface area (Å²) in [6, 6.07) is 34.9. The highest BCUT2D eigenvalue weighted by molar-refractivity contribution is 6.62. The second kappa shape index (κ2) is 10.1. The summed E-state index contributed by atoms with van der Waals surface area (Å²) in [5, 5.41) is 0. The maximum Gasteiger partial charge on any atom is 0.495 e. The van der Waals surface area contributed by atoms with Crippen LogP contribution >= 0.6 is 0 Å². The number of hydrogen-bond donors (Lipinski definition) is 0. The zero-order valence-electron chi connectivity index (χ0n) is 23.6. The molecule has 0 N–H and O–H groups in total. The molecule has 1 aliphatic heterocycles. The first kappa shape index (κ1) is 26.1. The Kier molecular flexibility index (Phi) is 6.61. The Morgan fingerprint density at radius 2 is 0.900 bits per heavy atom. The highest BCUT2D eigenvalue weighted by Crippen LogP contribution is 2.37. The van der Waals surface area contributed by atoms with Gasteiger partial charge in [0.05, 0.1) is 11.2 Å². The predicted octanol–water partition coefficient (Wildman–Crippen LogP) is 7.15. The lowest BCUT2D eigenvalue weighted by Gasteiger charge is -2.32. The van der Waals surface area contributed by atoms with Gasteiger partial charge in [0, 0.05) is 16.7 Å². The zero-order valence-corrected chi connectivity index (χ0v) is 23.6. The fraction of sp³-hybridized carbons (Fsp3) is 0.206. The van der Waals surface area contributed by atoms with Gasteiger partial charge in [-0.1, -0.05) is 109 Å². The molecule has 0 radical (unpaired) electrons. The van der Waals surface area contributed by atoms with E-state index in [0.29, 0.717) is 17.5 Å². The smallest absolute Gasteiger partial charge is 0.399 e. The Labute approximate surface area is 236 Å². The molecule has 1 saturated heterocycles. The van der Waals surface area contributed by atoms with Crippen molar-refractivity contribution in [2.45, 2.75) is 45.8 Å². The summed E-state index contributed by atoms with van der Waals surface area (Å²) in [6.45, 7) is 10.4. The van der Waals surface area contributed by atoms with Crippen LogP contribution in [0.4, 0.5) is 0 Å². The van der Waals surface area contributed by atoms with Crippen molar-refractivity contribution in [2.24, 2.45) is 0 Å². The molecule has 5 nitrogen and oxygen atoms in total. The first-order valence-electron chi connectivity index (χ1n) is 13.6. The van der Waals surface area contributed by atoms with Gasteiger partial charge in [0.2, 0.25) is 0 Å². The van der Waals surface area contributed by atoms with Crippen LogP contribution in [-0.4, -0.2) is 33.3 Å². The SMILES string of the molecule is Cc1cc(-c2ccc(-c3nc(-c4ccccc4)nc(-c4ccccc4)n3)cc2)ccc1B1OC(C)(C)C(C)(C)O1. The van der Waals surface area contributed by atoms with E-state index in [-0.39, 0.29) is 18.3 Å². The number of aryl methyl sites for hydroxylation is 1. The van der Waals surface area contributed by atoms with Gasteiger partial charge < -0.3 is 9.31 Å². The van der Waals surface area contributed by atoms with Crippen LogP contribution in [-0.2, 0) is 9.31 Å². The molecule has 0 amide bonds. The molecule has 1 aromatic heterocycles. The Hall–Kier alpha value is -4.13. The van der Waals surface area contributed by atoms with Crippen molar-refractivity contribution in [3.05, 3.63) is 109 Å². The lowest BCUT2D eigenvalue weighted by atomic mass is 9.75. The van der Waals surface area contributed by atoms with Crippen molar-refractivity contribution in [3.8, 4) is 45.3 Å². The minimum Gasteiger partial charge on any atom is -0.399 e. The lowest BCUT2D eigenvalue weighted by molar-refractivity contribution is 0.00578. The van der Waals surface area contributed by atoms with Crippen LogP contribution in [0.2, 0.25) is 0 Å². The molecular weight excluding hydrogens is 493 g/mol. The normalized spacial score (nSPS) is 15.8. The van der Waals surface area contributed by atoms with Gasteiger partial charge in [-0.2, -0.15) is 0 Å².